The molecule has 0 bridgehead atoms. The molecule has 0 spiro atoms. The summed E-state index contributed by atoms with van der Waals surface area (Å²) in [5.74, 6) is -0.290. The van der Waals surface area contributed by atoms with E-state index in [0.717, 1.165) is 6.42 Å². The van der Waals surface area contributed by atoms with Crippen LogP contribution >= 0.6 is 11.6 Å². The number of rotatable bonds is 7. The fraction of sp³-hybridized carbons (Fsp3) is 0.263. The molecule has 2 aromatic rings. The van der Waals surface area contributed by atoms with E-state index in [0.29, 0.717) is 16.5 Å². The SMILES string of the molecule is CCC(C)NC(=O)COc1ccc(Cl)cc1C(=O)Nc1ccccc1. The Morgan fingerprint density at radius 2 is 1.88 bits per heavy atom. The van der Waals surface area contributed by atoms with Crippen molar-refractivity contribution >= 4 is 29.1 Å². The van der Waals surface area contributed by atoms with Gasteiger partial charge in [-0.25, -0.2) is 0 Å². The van der Waals surface area contributed by atoms with E-state index in [9.17, 15) is 9.59 Å². The minimum atomic E-state index is -0.356. The van der Waals surface area contributed by atoms with Crippen LogP contribution in [0.1, 0.15) is 30.6 Å². The third-order valence-corrected chi connectivity index (χ3v) is 3.83. The summed E-state index contributed by atoms with van der Waals surface area (Å²) in [6.07, 6.45) is 0.831. The van der Waals surface area contributed by atoms with E-state index in [1.54, 1.807) is 24.3 Å². The molecule has 2 amide bonds. The Morgan fingerprint density at radius 1 is 1.16 bits per heavy atom. The van der Waals surface area contributed by atoms with E-state index in [2.05, 4.69) is 10.6 Å². The predicted molar refractivity (Wildman–Crippen MR) is 99.2 cm³/mol. The molecule has 0 aliphatic heterocycles. The van der Waals surface area contributed by atoms with Crippen molar-refractivity contribution in [3.8, 4) is 5.75 Å². The number of ether oxygens (including phenoxy) is 1. The lowest BCUT2D eigenvalue weighted by atomic mass is 10.2. The predicted octanol–water partition coefficient (Wildman–Crippen LogP) is 3.89. The van der Waals surface area contributed by atoms with E-state index in [4.69, 9.17) is 16.3 Å². The smallest absolute Gasteiger partial charge is 0.259 e. The average Bonchev–Trinajstić information content (AvgIpc) is 2.61. The number of nitrogens with one attached hydrogen (secondary N) is 2. The van der Waals surface area contributed by atoms with Crippen LogP contribution in [0, 0.1) is 0 Å². The van der Waals surface area contributed by atoms with E-state index >= 15 is 0 Å². The Labute approximate surface area is 152 Å². The number of para-hydroxylation sites is 1. The maximum Gasteiger partial charge on any atom is 0.259 e. The van der Waals surface area contributed by atoms with Gasteiger partial charge in [0.15, 0.2) is 6.61 Å². The van der Waals surface area contributed by atoms with Gasteiger partial charge in [0.2, 0.25) is 0 Å². The normalized spacial score (nSPS) is 11.5. The van der Waals surface area contributed by atoms with Gasteiger partial charge in [-0.05, 0) is 43.7 Å². The van der Waals surface area contributed by atoms with E-state index < -0.39 is 0 Å². The molecule has 1 atom stereocenters. The topological polar surface area (TPSA) is 67.4 Å². The molecule has 0 saturated heterocycles. The highest BCUT2D eigenvalue weighted by atomic mass is 35.5. The zero-order valence-corrected chi connectivity index (χ0v) is 15.0. The Balaban J connectivity index is 2.09. The lowest BCUT2D eigenvalue weighted by Crippen LogP contribution is -2.35. The van der Waals surface area contributed by atoms with E-state index in [1.165, 1.54) is 6.07 Å². The van der Waals surface area contributed by atoms with Crippen LogP contribution in [0.4, 0.5) is 5.69 Å². The third kappa shape index (κ3) is 5.80. The molecule has 0 heterocycles. The first kappa shape index (κ1) is 18.8. The average molecular weight is 361 g/mol. The quantitative estimate of drug-likeness (QED) is 0.787. The standard InChI is InChI=1S/C19H21ClN2O3/c1-3-13(2)21-18(23)12-25-17-10-9-14(20)11-16(17)19(24)22-15-7-5-4-6-8-15/h4-11,13H,3,12H2,1-2H3,(H,21,23)(H,22,24). The number of amides is 2. The first-order valence-electron chi connectivity index (χ1n) is 8.07. The number of halogens is 1. The molecule has 0 aliphatic carbocycles. The van der Waals surface area contributed by atoms with Crippen LogP contribution in [0.15, 0.2) is 48.5 Å². The van der Waals surface area contributed by atoms with Crippen LogP contribution in [-0.4, -0.2) is 24.5 Å². The van der Waals surface area contributed by atoms with Gasteiger partial charge < -0.3 is 15.4 Å². The molecule has 0 fully saturated rings. The molecule has 0 saturated carbocycles. The van der Waals surface area contributed by atoms with Crippen molar-refractivity contribution in [1.29, 1.82) is 0 Å². The number of carbonyl (C=O) groups excluding carboxylic acids is 2. The van der Waals surface area contributed by atoms with Crippen LogP contribution in [0.5, 0.6) is 5.75 Å². The summed E-state index contributed by atoms with van der Waals surface area (Å²) in [6, 6.07) is 13.9. The third-order valence-electron chi connectivity index (χ3n) is 3.60. The van der Waals surface area contributed by atoms with Gasteiger partial charge in [-0.3, -0.25) is 9.59 Å². The fourth-order valence-corrected chi connectivity index (χ4v) is 2.26. The highest BCUT2D eigenvalue weighted by Gasteiger charge is 2.15. The lowest BCUT2D eigenvalue weighted by molar-refractivity contribution is -0.123. The van der Waals surface area contributed by atoms with Gasteiger partial charge >= 0.3 is 0 Å². The van der Waals surface area contributed by atoms with Crippen molar-refractivity contribution < 1.29 is 14.3 Å². The highest BCUT2D eigenvalue weighted by Crippen LogP contribution is 2.24. The van der Waals surface area contributed by atoms with Crippen LogP contribution in [0.2, 0.25) is 5.02 Å². The van der Waals surface area contributed by atoms with Gasteiger partial charge in [0, 0.05) is 16.8 Å². The minimum Gasteiger partial charge on any atom is -0.483 e. The van der Waals surface area contributed by atoms with Crippen molar-refractivity contribution in [2.24, 2.45) is 0 Å². The first-order valence-corrected chi connectivity index (χ1v) is 8.45. The van der Waals surface area contributed by atoms with Gasteiger partial charge in [-0.1, -0.05) is 36.7 Å². The zero-order chi connectivity index (χ0) is 18.2. The number of carbonyl (C=O) groups is 2. The summed E-state index contributed by atoms with van der Waals surface area (Å²) < 4.78 is 5.53. The van der Waals surface area contributed by atoms with Crippen molar-refractivity contribution in [3.05, 3.63) is 59.1 Å². The zero-order valence-electron chi connectivity index (χ0n) is 14.2. The minimum absolute atomic E-state index is 0.0715. The molecule has 0 aromatic heterocycles. The van der Waals surface area contributed by atoms with Gasteiger partial charge in [0.05, 0.1) is 5.56 Å². The molecular weight excluding hydrogens is 340 g/mol. The van der Waals surface area contributed by atoms with Crippen LogP contribution in [0.3, 0.4) is 0 Å². The molecule has 2 rings (SSSR count). The van der Waals surface area contributed by atoms with Crippen LogP contribution in [-0.2, 0) is 4.79 Å². The summed E-state index contributed by atoms with van der Waals surface area (Å²) in [4.78, 5) is 24.4. The second-order valence-electron chi connectivity index (χ2n) is 5.63. The van der Waals surface area contributed by atoms with Crippen molar-refractivity contribution in [3.63, 3.8) is 0 Å². The van der Waals surface area contributed by atoms with Gasteiger partial charge in [0.1, 0.15) is 5.75 Å². The van der Waals surface area contributed by atoms with Crippen molar-refractivity contribution in [2.45, 2.75) is 26.3 Å². The summed E-state index contributed by atoms with van der Waals surface area (Å²) in [5.41, 5.74) is 0.931. The largest absolute Gasteiger partial charge is 0.483 e. The highest BCUT2D eigenvalue weighted by molar-refractivity contribution is 6.31. The Morgan fingerprint density at radius 3 is 2.56 bits per heavy atom. The molecule has 5 nitrogen and oxygen atoms in total. The fourth-order valence-electron chi connectivity index (χ4n) is 2.09. The Bertz CT molecular complexity index is 735. The summed E-state index contributed by atoms with van der Waals surface area (Å²) in [5, 5.41) is 6.00. The molecule has 0 radical (unpaired) electrons. The van der Waals surface area contributed by atoms with Gasteiger partial charge in [-0.15, -0.1) is 0 Å². The number of hydrogen-bond donors (Lipinski definition) is 2. The number of benzene rings is 2. The maximum atomic E-state index is 12.5. The van der Waals surface area contributed by atoms with Crippen LogP contribution in [0.25, 0.3) is 0 Å². The second kappa shape index (κ2) is 9.08. The second-order valence-corrected chi connectivity index (χ2v) is 6.06. The van der Waals surface area contributed by atoms with Crippen LogP contribution < -0.4 is 15.4 Å². The van der Waals surface area contributed by atoms with Crippen molar-refractivity contribution in [2.75, 3.05) is 11.9 Å². The molecule has 1 unspecified atom stereocenters. The monoisotopic (exact) mass is 360 g/mol. The molecule has 2 N–H and O–H groups in total. The number of hydrogen-bond acceptors (Lipinski definition) is 3. The Hall–Kier alpha value is -2.53. The van der Waals surface area contributed by atoms with E-state index in [1.807, 2.05) is 32.0 Å². The summed E-state index contributed by atoms with van der Waals surface area (Å²) in [6.45, 7) is 3.73. The Kier molecular flexibility index (Phi) is 6.83. The first-order chi connectivity index (χ1) is 12.0. The van der Waals surface area contributed by atoms with Gasteiger partial charge in [0.25, 0.3) is 11.8 Å². The molecular formula is C19H21ClN2O3. The molecule has 2 aromatic carbocycles. The number of anilines is 1. The summed E-state index contributed by atoms with van der Waals surface area (Å²) in [7, 11) is 0. The molecule has 6 heteroatoms. The lowest BCUT2D eigenvalue weighted by Gasteiger charge is -2.14. The van der Waals surface area contributed by atoms with Crippen molar-refractivity contribution in [1.82, 2.24) is 5.32 Å². The summed E-state index contributed by atoms with van der Waals surface area (Å²) >= 11 is 6.00. The molecule has 25 heavy (non-hydrogen) atoms. The molecule has 0 aliphatic rings. The van der Waals surface area contributed by atoms with Gasteiger partial charge in [-0.2, -0.15) is 0 Å². The van der Waals surface area contributed by atoms with E-state index in [-0.39, 0.29) is 30.0 Å². The maximum absolute atomic E-state index is 12.5. The molecule has 132 valence electrons.